The van der Waals surface area contributed by atoms with Gasteiger partial charge in [0, 0.05) is 5.92 Å². The van der Waals surface area contributed by atoms with E-state index in [0.717, 1.165) is 18.4 Å². The first-order valence-corrected chi connectivity index (χ1v) is 4.18. The lowest BCUT2D eigenvalue weighted by Gasteiger charge is -2.12. The molecule has 0 aromatic rings. The van der Waals surface area contributed by atoms with Gasteiger partial charge in [-0.1, -0.05) is 0 Å². The Morgan fingerprint density at radius 3 is 2.80 bits per heavy atom. The quantitative estimate of drug-likeness (QED) is 0.457. The second kappa shape index (κ2) is 1.07. The number of hydrogen-bond donors (Lipinski definition) is 0. The Hall–Kier alpha value is -0.0800. The maximum Gasteiger partial charge on any atom is 0.0973 e. The van der Waals surface area contributed by atoms with Gasteiger partial charge in [0.05, 0.1) is 24.4 Å². The predicted molar refractivity (Wildman–Crippen MR) is 33.6 cm³/mol. The first-order chi connectivity index (χ1) is 4.89. The molecule has 0 radical (unpaired) electrons. The molecule has 2 saturated heterocycles. The third-order valence-corrected chi connectivity index (χ3v) is 3.78. The van der Waals surface area contributed by atoms with Crippen LogP contribution < -0.4 is 0 Å². The van der Waals surface area contributed by atoms with E-state index in [-0.39, 0.29) is 0 Å². The molecule has 0 amide bonds. The second-order valence-electron chi connectivity index (χ2n) is 4.23. The van der Waals surface area contributed by atoms with Gasteiger partial charge in [-0.15, -0.1) is 0 Å². The summed E-state index contributed by atoms with van der Waals surface area (Å²) >= 11 is 0. The molecular weight excluding hydrogens is 128 g/mol. The molecule has 0 aromatic heterocycles. The zero-order valence-electron chi connectivity index (χ0n) is 5.75. The van der Waals surface area contributed by atoms with E-state index in [2.05, 4.69) is 0 Å². The zero-order chi connectivity index (χ0) is 6.34. The molecule has 4 fully saturated rings. The highest BCUT2D eigenvalue weighted by Crippen LogP contribution is 2.65. The van der Waals surface area contributed by atoms with Crippen molar-refractivity contribution in [3.05, 3.63) is 0 Å². The summed E-state index contributed by atoms with van der Waals surface area (Å²) < 4.78 is 11.0. The van der Waals surface area contributed by atoms with Crippen LogP contribution in [-0.4, -0.2) is 24.4 Å². The summed E-state index contributed by atoms with van der Waals surface area (Å²) in [5, 5.41) is 0. The largest absolute Gasteiger partial charge is 0.369 e. The maximum absolute atomic E-state index is 5.54. The summed E-state index contributed by atoms with van der Waals surface area (Å²) in [6.45, 7) is 1.03. The summed E-state index contributed by atoms with van der Waals surface area (Å²) in [7, 11) is 0. The van der Waals surface area contributed by atoms with Gasteiger partial charge in [0.25, 0.3) is 0 Å². The summed E-state index contributed by atoms with van der Waals surface area (Å²) in [4.78, 5) is 0. The lowest BCUT2D eigenvalue weighted by Crippen LogP contribution is -2.25. The lowest BCUT2D eigenvalue weighted by molar-refractivity contribution is 0.206. The highest BCUT2D eigenvalue weighted by molar-refractivity contribution is 5.21. The van der Waals surface area contributed by atoms with E-state index in [0.29, 0.717) is 17.8 Å². The molecule has 2 aliphatic carbocycles. The minimum absolute atomic E-state index is 0.350. The van der Waals surface area contributed by atoms with Crippen molar-refractivity contribution in [1.29, 1.82) is 0 Å². The summed E-state index contributed by atoms with van der Waals surface area (Å²) in [5.74, 6) is 1.67. The average Bonchev–Trinajstić information content (AvgIpc) is 2.77. The van der Waals surface area contributed by atoms with Gasteiger partial charge in [0.1, 0.15) is 0 Å². The van der Waals surface area contributed by atoms with E-state index < -0.39 is 0 Å². The number of epoxide rings is 2. The van der Waals surface area contributed by atoms with Crippen LogP contribution in [0.25, 0.3) is 0 Å². The van der Waals surface area contributed by atoms with Gasteiger partial charge >= 0.3 is 0 Å². The standard InChI is InChI=1S/C8H10O2/c1-4-2-8(3-9-8)5(1)7-6(4)10-7/h4-7H,1-3H2/t4?,5?,6?,7?,8-/m1/s1. The topological polar surface area (TPSA) is 25.1 Å². The number of ether oxygens (including phenoxy) is 2. The molecule has 1 spiro atoms. The molecule has 0 aromatic carbocycles. The molecule has 4 aliphatic rings. The molecule has 54 valence electrons. The predicted octanol–water partition coefficient (Wildman–Crippen LogP) is 0.563. The highest BCUT2D eigenvalue weighted by Gasteiger charge is 2.73. The Morgan fingerprint density at radius 2 is 2.20 bits per heavy atom. The third-order valence-electron chi connectivity index (χ3n) is 3.78. The van der Waals surface area contributed by atoms with Crippen LogP contribution in [0.15, 0.2) is 0 Å². The van der Waals surface area contributed by atoms with Gasteiger partial charge in [0.15, 0.2) is 0 Å². The van der Waals surface area contributed by atoms with E-state index >= 15 is 0 Å². The van der Waals surface area contributed by atoms with E-state index in [1.54, 1.807) is 0 Å². The second-order valence-corrected chi connectivity index (χ2v) is 4.23. The van der Waals surface area contributed by atoms with Crippen molar-refractivity contribution in [1.82, 2.24) is 0 Å². The minimum atomic E-state index is 0.350. The van der Waals surface area contributed by atoms with Gasteiger partial charge in [-0.3, -0.25) is 0 Å². The Labute approximate surface area is 59.5 Å². The number of rotatable bonds is 0. The summed E-state index contributed by atoms with van der Waals surface area (Å²) in [6.07, 6.45) is 4.00. The van der Waals surface area contributed by atoms with E-state index in [1.807, 2.05) is 0 Å². The first kappa shape index (κ1) is 4.73. The molecule has 10 heavy (non-hydrogen) atoms. The Balaban J connectivity index is 1.84. The lowest BCUT2D eigenvalue weighted by atomic mass is 9.89. The van der Waals surface area contributed by atoms with Crippen molar-refractivity contribution in [2.24, 2.45) is 11.8 Å². The van der Waals surface area contributed by atoms with Crippen LogP contribution >= 0.6 is 0 Å². The summed E-state index contributed by atoms with van der Waals surface area (Å²) in [6, 6.07) is 0. The Kier molecular flexibility index (Phi) is 0.504. The van der Waals surface area contributed by atoms with Crippen LogP contribution in [0.2, 0.25) is 0 Å². The van der Waals surface area contributed by atoms with E-state index in [4.69, 9.17) is 9.47 Å². The molecule has 2 heterocycles. The SMILES string of the molecule is C1C2C[C@@]3(CO3)C1C1OC21. The number of fused-ring (bicyclic) bond motifs is 6. The van der Waals surface area contributed by atoms with Gasteiger partial charge in [-0.05, 0) is 18.8 Å². The van der Waals surface area contributed by atoms with Crippen LogP contribution in [0.1, 0.15) is 12.8 Å². The monoisotopic (exact) mass is 138 g/mol. The van der Waals surface area contributed by atoms with E-state index in [9.17, 15) is 0 Å². The van der Waals surface area contributed by atoms with Crippen molar-refractivity contribution in [2.45, 2.75) is 30.7 Å². The fourth-order valence-electron chi connectivity index (χ4n) is 3.17. The van der Waals surface area contributed by atoms with Crippen molar-refractivity contribution >= 4 is 0 Å². The molecule has 2 aliphatic heterocycles. The first-order valence-electron chi connectivity index (χ1n) is 4.18. The van der Waals surface area contributed by atoms with Gasteiger partial charge in [-0.25, -0.2) is 0 Å². The van der Waals surface area contributed by atoms with Crippen molar-refractivity contribution in [3.8, 4) is 0 Å². The average molecular weight is 138 g/mol. The third kappa shape index (κ3) is 0.330. The summed E-state index contributed by atoms with van der Waals surface area (Å²) in [5.41, 5.74) is 0.350. The van der Waals surface area contributed by atoms with E-state index in [1.165, 1.54) is 12.8 Å². The normalized spacial score (nSPS) is 74.4. The molecule has 2 heteroatoms. The fraction of sp³-hybridized carbons (Fsp3) is 1.00. The number of hydrogen-bond acceptors (Lipinski definition) is 2. The molecule has 4 rings (SSSR count). The maximum atomic E-state index is 5.54. The Bertz CT molecular complexity index is 209. The van der Waals surface area contributed by atoms with Crippen molar-refractivity contribution in [3.63, 3.8) is 0 Å². The fourth-order valence-corrected chi connectivity index (χ4v) is 3.17. The molecular formula is C8H10O2. The Morgan fingerprint density at radius 1 is 1.30 bits per heavy atom. The molecule has 2 saturated carbocycles. The zero-order valence-corrected chi connectivity index (χ0v) is 5.75. The highest BCUT2D eigenvalue weighted by atomic mass is 16.6. The van der Waals surface area contributed by atoms with Crippen LogP contribution in [0.4, 0.5) is 0 Å². The smallest absolute Gasteiger partial charge is 0.0973 e. The van der Waals surface area contributed by atoms with Crippen molar-refractivity contribution in [2.75, 3.05) is 6.61 Å². The van der Waals surface area contributed by atoms with Gasteiger partial charge in [0.2, 0.25) is 0 Å². The molecule has 2 bridgehead atoms. The van der Waals surface area contributed by atoms with Crippen LogP contribution in [0, 0.1) is 11.8 Å². The molecule has 5 atom stereocenters. The molecule has 4 unspecified atom stereocenters. The minimum Gasteiger partial charge on any atom is -0.369 e. The van der Waals surface area contributed by atoms with Crippen LogP contribution in [-0.2, 0) is 9.47 Å². The van der Waals surface area contributed by atoms with Gasteiger partial charge < -0.3 is 9.47 Å². The molecule has 2 nitrogen and oxygen atoms in total. The molecule has 0 N–H and O–H groups in total. The van der Waals surface area contributed by atoms with Crippen LogP contribution in [0.3, 0.4) is 0 Å². The van der Waals surface area contributed by atoms with Crippen molar-refractivity contribution < 1.29 is 9.47 Å². The van der Waals surface area contributed by atoms with Crippen LogP contribution in [0.5, 0.6) is 0 Å². The van der Waals surface area contributed by atoms with Gasteiger partial charge in [-0.2, -0.15) is 0 Å².